The fourth-order valence-electron chi connectivity index (χ4n) is 1.86. The van der Waals surface area contributed by atoms with Crippen LogP contribution in [0.4, 0.5) is 23.7 Å². The van der Waals surface area contributed by atoms with Crippen LogP contribution in [-0.4, -0.2) is 30.0 Å². The van der Waals surface area contributed by atoms with Crippen LogP contribution in [0.3, 0.4) is 0 Å². The largest absolute Gasteiger partial charge is 0.393 e. The molecule has 0 aliphatic carbocycles. The number of carbonyl (C=O) groups is 1. The molecule has 0 aliphatic heterocycles. The minimum Gasteiger partial charge on any atom is -0.393 e. The number of aryl methyl sites for hydroxylation is 1. The number of benzene rings is 1. The second-order valence-corrected chi connectivity index (χ2v) is 5.00. The van der Waals surface area contributed by atoms with Crippen LogP contribution < -0.4 is 10.6 Å². The third kappa shape index (κ3) is 7.31. The Balaban J connectivity index is 2.52. The Kier molecular flexibility index (Phi) is 7.17. The van der Waals surface area contributed by atoms with Crippen molar-refractivity contribution in [3.05, 3.63) is 29.8 Å². The number of rotatable bonds is 7. The van der Waals surface area contributed by atoms with E-state index in [2.05, 4.69) is 10.6 Å². The van der Waals surface area contributed by atoms with Gasteiger partial charge in [0.1, 0.15) is 0 Å². The van der Waals surface area contributed by atoms with Gasteiger partial charge in [-0.3, -0.25) is 0 Å². The van der Waals surface area contributed by atoms with Crippen LogP contribution in [0.1, 0.15) is 31.7 Å². The molecule has 0 radical (unpaired) electrons. The summed E-state index contributed by atoms with van der Waals surface area (Å²) in [5.41, 5.74) is 0.795. The number of amides is 2. The quantitative estimate of drug-likeness (QED) is 0.721. The monoisotopic (exact) mass is 318 g/mol. The summed E-state index contributed by atoms with van der Waals surface area (Å²) >= 11 is 0. The Bertz CT molecular complexity index is 478. The number of urea groups is 1. The lowest BCUT2D eigenvalue weighted by Crippen LogP contribution is -2.31. The molecule has 0 spiro atoms. The number of hydrogen-bond donors (Lipinski definition) is 3. The number of carbonyl (C=O) groups excluding carboxylic acids is 1. The van der Waals surface area contributed by atoms with Crippen molar-refractivity contribution in [2.24, 2.45) is 0 Å². The lowest BCUT2D eigenvalue weighted by atomic mass is 10.1. The highest BCUT2D eigenvalue weighted by molar-refractivity contribution is 5.90. The Morgan fingerprint density at radius 2 is 2.00 bits per heavy atom. The normalized spacial score (nSPS) is 12.8. The number of alkyl halides is 3. The molecule has 1 atom stereocenters. The smallest absolute Gasteiger partial charge is 0.389 e. The number of hydrogen-bond acceptors (Lipinski definition) is 2. The van der Waals surface area contributed by atoms with Crippen LogP contribution in [0.2, 0.25) is 0 Å². The molecule has 0 aromatic heterocycles. The van der Waals surface area contributed by atoms with Gasteiger partial charge in [-0.1, -0.05) is 25.1 Å². The van der Waals surface area contributed by atoms with Gasteiger partial charge in [0.2, 0.25) is 0 Å². The average Bonchev–Trinajstić information content (AvgIpc) is 2.45. The fraction of sp³-hybridized carbons (Fsp3) is 0.533. The van der Waals surface area contributed by atoms with Crippen LogP contribution >= 0.6 is 0 Å². The van der Waals surface area contributed by atoms with Crippen LogP contribution in [0.25, 0.3) is 0 Å². The highest BCUT2D eigenvalue weighted by Crippen LogP contribution is 2.25. The predicted octanol–water partition coefficient (Wildman–Crippen LogP) is 3.46. The van der Waals surface area contributed by atoms with Gasteiger partial charge < -0.3 is 15.7 Å². The molecule has 0 fully saturated rings. The highest BCUT2D eigenvalue weighted by atomic mass is 19.4. The van der Waals surface area contributed by atoms with Gasteiger partial charge in [-0.2, -0.15) is 13.2 Å². The van der Waals surface area contributed by atoms with E-state index in [1.807, 2.05) is 6.92 Å². The summed E-state index contributed by atoms with van der Waals surface area (Å²) in [4.78, 5) is 11.7. The van der Waals surface area contributed by atoms with Crippen molar-refractivity contribution in [3.63, 3.8) is 0 Å². The molecule has 7 heteroatoms. The molecular weight excluding hydrogens is 297 g/mol. The molecule has 0 bridgehead atoms. The van der Waals surface area contributed by atoms with Gasteiger partial charge in [0.25, 0.3) is 0 Å². The van der Waals surface area contributed by atoms with Crippen LogP contribution in [0.15, 0.2) is 24.3 Å². The molecule has 1 aromatic carbocycles. The second kappa shape index (κ2) is 8.63. The summed E-state index contributed by atoms with van der Waals surface area (Å²) in [6, 6.07) is 5.90. The first-order chi connectivity index (χ1) is 10.3. The molecule has 3 N–H and O–H groups in total. The molecular formula is C15H21F3N2O2. The molecule has 4 nitrogen and oxygen atoms in total. The zero-order valence-electron chi connectivity index (χ0n) is 12.4. The van der Waals surface area contributed by atoms with Crippen molar-refractivity contribution >= 4 is 11.7 Å². The van der Waals surface area contributed by atoms with E-state index in [4.69, 9.17) is 0 Å². The van der Waals surface area contributed by atoms with E-state index in [1.165, 1.54) is 0 Å². The fourth-order valence-corrected chi connectivity index (χ4v) is 1.86. The van der Waals surface area contributed by atoms with Gasteiger partial charge in [-0.15, -0.1) is 0 Å². The Morgan fingerprint density at radius 3 is 2.64 bits per heavy atom. The van der Waals surface area contributed by atoms with E-state index in [0.717, 1.165) is 0 Å². The Labute approximate surface area is 127 Å². The summed E-state index contributed by atoms with van der Waals surface area (Å²) in [6.45, 7) is 2.13. The molecule has 0 heterocycles. The van der Waals surface area contributed by atoms with Gasteiger partial charge in [0.15, 0.2) is 0 Å². The van der Waals surface area contributed by atoms with Crippen molar-refractivity contribution in [1.82, 2.24) is 5.32 Å². The van der Waals surface area contributed by atoms with Gasteiger partial charge in [0.05, 0.1) is 6.10 Å². The maximum atomic E-state index is 12.3. The predicted molar refractivity (Wildman–Crippen MR) is 78.8 cm³/mol. The number of halogens is 3. The van der Waals surface area contributed by atoms with E-state index in [1.54, 1.807) is 24.3 Å². The number of nitrogens with one attached hydrogen (secondary N) is 2. The summed E-state index contributed by atoms with van der Waals surface area (Å²) < 4.78 is 36.9. The molecule has 2 amide bonds. The number of aliphatic hydroxyl groups excluding tert-OH is 1. The molecule has 0 aliphatic rings. The first-order valence-electron chi connectivity index (χ1n) is 7.19. The number of aliphatic hydroxyl groups is 1. The zero-order valence-corrected chi connectivity index (χ0v) is 12.4. The van der Waals surface area contributed by atoms with Gasteiger partial charge in [-0.25, -0.2) is 4.79 Å². The average molecular weight is 318 g/mol. The summed E-state index contributed by atoms with van der Waals surface area (Å²) in [6.07, 6.45) is -4.79. The molecule has 1 aromatic rings. The standard InChI is InChI=1S/C15H21F3N2O2/c1-2-12(21)8-10-19-14(22)20-13-6-4-3-5-11(13)7-9-15(16,17)18/h3-6,12,21H,2,7-10H2,1H3,(H2,19,20,22). The third-order valence-corrected chi connectivity index (χ3v) is 3.18. The highest BCUT2D eigenvalue weighted by Gasteiger charge is 2.26. The third-order valence-electron chi connectivity index (χ3n) is 3.18. The van der Waals surface area contributed by atoms with E-state index < -0.39 is 24.7 Å². The van der Waals surface area contributed by atoms with Gasteiger partial charge in [-0.05, 0) is 30.9 Å². The SMILES string of the molecule is CCC(O)CCNC(=O)Nc1ccccc1CCC(F)(F)F. The maximum absolute atomic E-state index is 12.3. The molecule has 22 heavy (non-hydrogen) atoms. The summed E-state index contributed by atoms with van der Waals surface area (Å²) in [7, 11) is 0. The van der Waals surface area contributed by atoms with E-state index >= 15 is 0 Å². The maximum Gasteiger partial charge on any atom is 0.389 e. The molecule has 0 saturated heterocycles. The van der Waals surface area contributed by atoms with E-state index in [0.29, 0.717) is 30.6 Å². The van der Waals surface area contributed by atoms with Crippen molar-refractivity contribution in [3.8, 4) is 0 Å². The first-order valence-corrected chi connectivity index (χ1v) is 7.19. The number of para-hydroxylation sites is 1. The zero-order chi connectivity index (χ0) is 16.6. The van der Waals surface area contributed by atoms with Gasteiger partial charge in [0, 0.05) is 18.7 Å². The van der Waals surface area contributed by atoms with E-state index in [-0.39, 0.29) is 6.42 Å². The van der Waals surface area contributed by atoms with Crippen LogP contribution in [0, 0.1) is 0 Å². The lowest BCUT2D eigenvalue weighted by Gasteiger charge is -2.13. The van der Waals surface area contributed by atoms with Crippen molar-refractivity contribution in [1.29, 1.82) is 0 Å². The Morgan fingerprint density at radius 1 is 1.32 bits per heavy atom. The van der Waals surface area contributed by atoms with Crippen molar-refractivity contribution in [2.45, 2.75) is 44.9 Å². The Hall–Kier alpha value is -1.76. The molecule has 124 valence electrons. The topological polar surface area (TPSA) is 61.4 Å². The van der Waals surface area contributed by atoms with Crippen molar-refractivity contribution < 1.29 is 23.1 Å². The van der Waals surface area contributed by atoms with Crippen LogP contribution in [0.5, 0.6) is 0 Å². The van der Waals surface area contributed by atoms with Crippen molar-refractivity contribution in [2.75, 3.05) is 11.9 Å². The number of anilines is 1. The van der Waals surface area contributed by atoms with E-state index in [9.17, 15) is 23.1 Å². The minimum absolute atomic E-state index is 0.186. The molecule has 1 rings (SSSR count). The summed E-state index contributed by atoms with van der Waals surface area (Å²) in [5, 5.41) is 14.5. The first kappa shape index (κ1) is 18.3. The second-order valence-electron chi connectivity index (χ2n) is 5.00. The molecule has 1 unspecified atom stereocenters. The lowest BCUT2D eigenvalue weighted by molar-refractivity contribution is -0.133. The molecule has 0 saturated carbocycles. The van der Waals surface area contributed by atoms with Crippen LogP contribution in [-0.2, 0) is 6.42 Å². The summed E-state index contributed by atoms with van der Waals surface area (Å²) in [5.74, 6) is 0. The van der Waals surface area contributed by atoms with Gasteiger partial charge >= 0.3 is 12.2 Å². The minimum atomic E-state index is -4.23.